The second-order valence-corrected chi connectivity index (χ2v) is 6.50. The topological polar surface area (TPSA) is 20.3 Å². The van der Waals surface area contributed by atoms with Gasteiger partial charge in [-0.3, -0.25) is 4.79 Å². The summed E-state index contributed by atoms with van der Waals surface area (Å²) < 4.78 is 38.1. The van der Waals surface area contributed by atoms with E-state index in [0.29, 0.717) is 6.42 Å². The zero-order valence-electron chi connectivity index (χ0n) is 14.9. The number of carbonyl (C=O) groups is 1. The first-order chi connectivity index (χ1) is 12.4. The summed E-state index contributed by atoms with van der Waals surface area (Å²) in [7, 11) is 2.04. The number of hydrogen-bond donors (Lipinski definition) is 0. The standard InChI is InChI=1S/C21H24F3NO/c1-25(15-13-17-8-3-2-4-9-17)14-6-5-12-20(26)18-10-7-11-19(16-18)21(22,23)24/h2-4,7-11,16H,5-6,12-15H2,1H3. The van der Waals surface area contributed by atoms with Gasteiger partial charge in [-0.2, -0.15) is 13.2 Å². The second-order valence-electron chi connectivity index (χ2n) is 6.50. The van der Waals surface area contributed by atoms with Crippen LogP contribution in [0.3, 0.4) is 0 Å². The van der Waals surface area contributed by atoms with Crippen LogP contribution in [0.1, 0.15) is 40.7 Å². The molecule has 0 unspecified atom stereocenters. The minimum atomic E-state index is -4.42. The quantitative estimate of drug-likeness (QED) is 0.449. The number of nitrogens with zero attached hydrogens (tertiary/aromatic N) is 1. The molecule has 0 N–H and O–H groups in total. The zero-order chi connectivity index (χ0) is 19.0. The molecular formula is C21H24F3NO. The lowest BCUT2D eigenvalue weighted by Gasteiger charge is -2.16. The summed E-state index contributed by atoms with van der Waals surface area (Å²) in [5.41, 5.74) is 0.653. The molecule has 2 aromatic rings. The van der Waals surface area contributed by atoms with Crippen molar-refractivity contribution in [2.24, 2.45) is 0 Å². The van der Waals surface area contributed by atoms with Crippen molar-refractivity contribution in [2.75, 3.05) is 20.1 Å². The lowest BCUT2D eigenvalue weighted by Crippen LogP contribution is -2.22. The molecule has 140 valence electrons. The van der Waals surface area contributed by atoms with E-state index >= 15 is 0 Å². The third kappa shape index (κ3) is 6.64. The van der Waals surface area contributed by atoms with Gasteiger partial charge < -0.3 is 4.90 Å². The Morgan fingerprint density at radius 3 is 2.38 bits per heavy atom. The highest BCUT2D eigenvalue weighted by molar-refractivity contribution is 5.96. The van der Waals surface area contributed by atoms with Crippen molar-refractivity contribution in [3.63, 3.8) is 0 Å². The highest BCUT2D eigenvalue weighted by Gasteiger charge is 2.30. The molecule has 26 heavy (non-hydrogen) atoms. The van der Waals surface area contributed by atoms with Gasteiger partial charge in [0.1, 0.15) is 0 Å². The Hall–Kier alpha value is -2.14. The molecule has 2 rings (SSSR count). The van der Waals surface area contributed by atoms with Crippen molar-refractivity contribution >= 4 is 5.78 Å². The molecule has 0 amide bonds. The van der Waals surface area contributed by atoms with Crippen molar-refractivity contribution in [1.29, 1.82) is 0 Å². The number of likely N-dealkylation sites (N-methyl/N-ethyl adjacent to an activating group) is 1. The van der Waals surface area contributed by atoms with Crippen LogP contribution in [0.15, 0.2) is 54.6 Å². The molecule has 0 heterocycles. The maximum atomic E-state index is 12.7. The van der Waals surface area contributed by atoms with Gasteiger partial charge in [-0.1, -0.05) is 42.5 Å². The molecule has 0 aliphatic rings. The first-order valence-electron chi connectivity index (χ1n) is 8.79. The van der Waals surface area contributed by atoms with Gasteiger partial charge >= 0.3 is 6.18 Å². The van der Waals surface area contributed by atoms with E-state index in [2.05, 4.69) is 17.0 Å². The third-order valence-electron chi connectivity index (χ3n) is 4.33. The van der Waals surface area contributed by atoms with E-state index < -0.39 is 11.7 Å². The van der Waals surface area contributed by atoms with E-state index in [1.54, 1.807) is 0 Å². The normalized spacial score (nSPS) is 11.7. The molecule has 0 saturated carbocycles. The minimum Gasteiger partial charge on any atom is -0.306 e. The van der Waals surface area contributed by atoms with E-state index in [-0.39, 0.29) is 17.8 Å². The maximum absolute atomic E-state index is 12.7. The van der Waals surface area contributed by atoms with Gasteiger partial charge in [0, 0.05) is 18.5 Å². The minimum absolute atomic E-state index is 0.136. The average Bonchev–Trinajstić information content (AvgIpc) is 2.63. The molecule has 0 aliphatic carbocycles. The van der Waals surface area contributed by atoms with Gasteiger partial charge in [-0.25, -0.2) is 0 Å². The molecule has 0 aromatic heterocycles. The van der Waals surface area contributed by atoms with E-state index in [0.717, 1.165) is 38.1 Å². The fourth-order valence-electron chi connectivity index (χ4n) is 2.76. The fraction of sp³-hybridized carbons (Fsp3) is 0.381. The average molecular weight is 363 g/mol. The smallest absolute Gasteiger partial charge is 0.306 e. The van der Waals surface area contributed by atoms with E-state index in [9.17, 15) is 18.0 Å². The van der Waals surface area contributed by atoms with Crippen LogP contribution >= 0.6 is 0 Å². The van der Waals surface area contributed by atoms with Crippen molar-refractivity contribution in [3.05, 3.63) is 71.3 Å². The van der Waals surface area contributed by atoms with Crippen LogP contribution in [0.25, 0.3) is 0 Å². The second kappa shape index (κ2) is 9.53. The highest BCUT2D eigenvalue weighted by atomic mass is 19.4. The zero-order valence-corrected chi connectivity index (χ0v) is 14.9. The largest absolute Gasteiger partial charge is 0.416 e. The summed E-state index contributed by atoms with van der Waals surface area (Å²) >= 11 is 0. The number of unbranched alkanes of at least 4 members (excludes halogenated alkanes) is 1. The van der Waals surface area contributed by atoms with Gasteiger partial charge in [0.25, 0.3) is 0 Å². The molecule has 0 saturated heterocycles. The Bertz CT molecular complexity index is 698. The molecule has 5 heteroatoms. The first kappa shape index (κ1) is 20.2. The predicted octanol–water partition coefficient (Wildman–Crippen LogP) is 5.23. The molecule has 0 bridgehead atoms. The number of rotatable bonds is 9. The van der Waals surface area contributed by atoms with Crippen LogP contribution in [-0.4, -0.2) is 30.8 Å². The lowest BCUT2D eigenvalue weighted by molar-refractivity contribution is -0.137. The van der Waals surface area contributed by atoms with Crippen molar-refractivity contribution in [2.45, 2.75) is 31.9 Å². The molecule has 0 spiro atoms. The Morgan fingerprint density at radius 1 is 0.962 bits per heavy atom. The molecule has 0 radical (unpaired) electrons. The van der Waals surface area contributed by atoms with Gasteiger partial charge in [0.15, 0.2) is 5.78 Å². The van der Waals surface area contributed by atoms with Crippen molar-refractivity contribution in [1.82, 2.24) is 4.90 Å². The Labute approximate surface area is 152 Å². The lowest BCUT2D eigenvalue weighted by atomic mass is 10.0. The summed E-state index contributed by atoms with van der Waals surface area (Å²) in [5.74, 6) is -0.233. The van der Waals surface area contributed by atoms with Gasteiger partial charge in [0.05, 0.1) is 5.56 Å². The molecule has 0 fully saturated rings. The van der Waals surface area contributed by atoms with Crippen molar-refractivity contribution in [3.8, 4) is 0 Å². The van der Waals surface area contributed by atoms with Gasteiger partial charge in [-0.15, -0.1) is 0 Å². The van der Waals surface area contributed by atoms with Crippen LogP contribution in [-0.2, 0) is 12.6 Å². The number of carbonyl (C=O) groups excluding carboxylic acids is 1. The number of Topliss-reactive ketones (excluding diaryl/α,β-unsaturated/α-hetero) is 1. The monoisotopic (exact) mass is 363 g/mol. The SMILES string of the molecule is CN(CCCCC(=O)c1cccc(C(F)(F)F)c1)CCc1ccccc1. The summed E-state index contributed by atoms with van der Waals surface area (Å²) in [5, 5.41) is 0. The number of benzene rings is 2. The van der Waals surface area contributed by atoms with Crippen molar-refractivity contribution < 1.29 is 18.0 Å². The number of hydrogen-bond acceptors (Lipinski definition) is 2. The number of halogens is 3. The molecule has 2 aromatic carbocycles. The summed E-state index contributed by atoms with van der Waals surface area (Å²) in [6, 6.07) is 14.9. The summed E-state index contributed by atoms with van der Waals surface area (Å²) in [6.45, 7) is 1.80. The van der Waals surface area contributed by atoms with E-state index in [1.807, 2.05) is 25.2 Å². The summed E-state index contributed by atoms with van der Waals surface area (Å²) in [4.78, 5) is 14.3. The van der Waals surface area contributed by atoms with Crippen LogP contribution in [0, 0.1) is 0 Å². The predicted molar refractivity (Wildman–Crippen MR) is 97.3 cm³/mol. The highest BCUT2D eigenvalue weighted by Crippen LogP contribution is 2.29. The van der Waals surface area contributed by atoms with E-state index in [1.165, 1.54) is 17.7 Å². The summed E-state index contributed by atoms with van der Waals surface area (Å²) in [6.07, 6.45) is -1.66. The van der Waals surface area contributed by atoms with Crippen LogP contribution in [0.2, 0.25) is 0 Å². The van der Waals surface area contributed by atoms with Crippen LogP contribution in [0.5, 0.6) is 0 Å². The maximum Gasteiger partial charge on any atom is 0.416 e. The van der Waals surface area contributed by atoms with Gasteiger partial charge in [0.2, 0.25) is 0 Å². The Kier molecular flexibility index (Phi) is 7.39. The first-order valence-corrected chi connectivity index (χ1v) is 8.79. The van der Waals surface area contributed by atoms with Crippen LogP contribution in [0.4, 0.5) is 13.2 Å². The fourth-order valence-corrected chi connectivity index (χ4v) is 2.76. The molecule has 2 nitrogen and oxygen atoms in total. The third-order valence-corrected chi connectivity index (χ3v) is 4.33. The van der Waals surface area contributed by atoms with Gasteiger partial charge in [-0.05, 0) is 50.6 Å². The molecule has 0 aliphatic heterocycles. The molecular weight excluding hydrogens is 339 g/mol. The Balaban J connectivity index is 1.70. The molecule has 0 atom stereocenters. The number of ketones is 1. The number of alkyl halides is 3. The Morgan fingerprint density at radius 2 is 1.69 bits per heavy atom. The van der Waals surface area contributed by atoms with Crippen LogP contribution < -0.4 is 0 Å². The van der Waals surface area contributed by atoms with E-state index in [4.69, 9.17) is 0 Å².